The molecular weight excluding hydrogens is 174 g/mol. The largest absolute Gasteiger partial charge is 1.00 e. The molecule has 0 spiro atoms. The molecule has 0 fully saturated rings. The van der Waals surface area contributed by atoms with Crippen molar-refractivity contribution in [3.05, 3.63) is 0 Å². The molecule has 4 nitrogen and oxygen atoms in total. The van der Waals surface area contributed by atoms with Gasteiger partial charge in [-0.3, -0.25) is 0 Å². The second-order valence-corrected chi connectivity index (χ2v) is 0.266. The van der Waals surface area contributed by atoms with Crippen LogP contribution >= 0.6 is 0 Å². The van der Waals surface area contributed by atoms with Crippen molar-refractivity contribution < 1.29 is 114 Å². The molecule has 0 bridgehead atoms. The Morgan fingerprint density at radius 2 is 1.50 bits per heavy atom. The molecule has 0 aromatic rings. The topological polar surface area (TPSA) is 91.9 Å². The zero-order valence-electron chi connectivity index (χ0n) is 4.64. The average molecular weight is 177 g/mol. The number of hydrogen-bond acceptors (Lipinski definition) is 2. The number of hydrogen-bond donors (Lipinski definition) is 1. The quantitative estimate of drug-likeness (QED) is 0.372. The van der Waals surface area contributed by atoms with Crippen LogP contribution in [0, 0.1) is 0 Å². The van der Waals surface area contributed by atoms with Gasteiger partial charge in [-0.2, -0.15) is 0 Å². The maximum atomic E-state index is 8.44. The van der Waals surface area contributed by atoms with Gasteiger partial charge in [0.25, 0.3) is 0 Å². The van der Waals surface area contributed by atoms with Crippen LogP contribution in [0.2, 0.25) is 0 Å². The van der Waals surface area contributed by atoms with Gasteiger partial charge in [-0.1, -0.05) is 0 Å². The van der Waals surface area contributed by atoms with E-state index in [1.807, 2.05) is 0 Å². The van der Waals surface area contributed by atoms with Crippen molar-refractivity contribution in [1.82, 2.24) is 0 Å². The van der Waals surface area contributed by atoms with E-state index in [0.717, 1.165) is 0 Å². The van der Waals surface area contributed by atoms with E-state index < -0.39 is 6.16 Å². The zero-order valence-corrected chi connectivity index (χ0v) is 10.5. The number of halogens is 1. The fourth-order valence-electron chi connectivity index (χ4n) is 0. The summed E-state index contributed by atoms with van der Waals surface area (Å²) in [5.41, 5.74) is 0. The van der Waals surface area contributed by atoms with Gasteiger partial charge in [-0.15, -0.1) is 0 Å². The summed E-state index contributed by atoms with van der Waals surface area (Å²) in [6.45, 7) is 0. The molecule has 0 unspecified atom stereocenters. The molecule has 8 heavy (non-hydrogen) atoms. The van der Waals surface area contributed by atoms with Crippen molar-refractivity contribution in [3.8, 4) is 0 Å². The first-order chi connectivity index (χ1) is 1.73. The van der Waals surface area contributed by atoms with E-state index in [1.54, 1.807) is 0 Å². The third-order valence-electron chi connectivity index (χ3n) is 0. The molecule has 0 saturated heterocycles. The van der Waals surface area contributed by atoms with Crippen molar-refractivity contribution in [2.45, 2.75) is 0 Å². The van der Waals surface area contributed by atoms with Crippen molar-refractivity contribution in [2.75, 3.05) is 0 Å². The first kappa shape index (κ1) is 32.0. The molecule has 0 aliphatic heterocycles. The van der Waals surface area contributed by atoms with E-state index in [0.29, 0.717) is 0 Å². The van der Waals surface area contributed by atoms with Crippen LogP contribution in [0.5, 0.6) is 0 Å². The van der Waals surface area contributed by atoms with Gasteiger partial charge in [0, 0.05) is 0 Å². The molecule has 0 aromatic carbocycles. The molecule has 3 N–H and O–H groups in total. The Kier molecular flexibility index (Phi) is 91.7. The monoisotopic (exact) mass is 176 g/mol. The van der Waals surface area contributed by atoms with Gasteiger partial charge in [0.05, 0.1) is 0 Å². The van der Waals surface area contributed by atoms with Crippen molar-refractivity contribution in [1.29, 1.82) is 0 Å². The van der Waals surface area contributed by atoms with Crippen LogP contribution < -0.4 is 98.5 Å². The first-order valence-corrected chi connectivity index (χ1v) is 0.632. The zero-order chi connectivity index (χ0) is 3.58. The fourth-order valence-corrected chi connectivity index (χ4v) is 0. The first-order valence-electron chi connectivity index (χ1n) is 0.632. The van der Waals surface area contributed by atoms with Gasteiger partial charge in [-0.25, -0.2) is 0 Å². The maximum Gasteiger partial charge on any atom is 1.00 e. The standard InChI is InChI=1S/CH2O3.ClH.K.Na.H2O/c2-1(3)4;;;;/h(H2,2,3,4);1H;;;1H2/q;;2*+1;/p-2. The smallest absolute Gasteiger partial charge is 1.00 e. The molecule has 0 amide bonds. The Hall–Kier alpha value is 2.16. The predicted molar refractivity (Wildman–Crippen MR) is 11.6 cm³/mol. The van der Waals surface area contributed by atoms with Gasteiger partial charge < -0.3 is 32.9 Å². The summed E-state index contributed by atoms with van der Waals surface area (Å²) in [4.78, 5) is 8.44. The average Bonchev–Trinajstić information content (AvgIpc) is 0.811. The number of rotatable bonds is 0. The van der Waals surface area contributed by atoms with Crippen molar-refractivity contribution in [2.24, 2.45) is 0 Å². The van der Waals surface area contributed by atoms with Crippen LogP contribution in [-0.4, -0.2) is 16.7 Å². The third kappa shape index (κ3) is 89.8. The summed E-state index contributed by atoms with van der Waals surface area (Å²) in [7, 11) is 0. The Morgan fingerprint density at radius 3 is 1.50 bits per heavy atom. The summed E-state index contributed by atoms with van der Waals surface area (Å²) in [5, 5.41) is 15.3. The van der Waals surface area contributed by atoms with Crippen LogP contribution in [0.3, 0.4) is 0 Å². The fraction of sp³-hybridized carbons (Fsp3) is 0. The van der Waals surface area contributed by atoms with E-state index in [1.165, 1.54) is 0 Å². The van der Waals surface area contributed by atoms with Crippen LogP contribution in [0.1, 0.15) is 0 Å². The molecule has 7 heteroatoms. The summed E-state index contributed by atoms with van der Waals surface area (Å²) < 4.78 is 0. The molecule has 0 aromatic heterocycles. The second kappa shape index (κ2) is 22.9. The molecular formula is CH3ClKNaO4. The summed E-state index contributed by atoms with van der Waals surface area (Å²) in [6.07, 6.45) is -2.08. The minimum absolute atomic E-state index is 0. The normalized spacial score (nSPS) is 3.00. The van der Waals surface area contributed by atoms with Gasteiger partial charge in [0.1, 0.15) is 0 Å². The van der Waals surface area contributed by atoms with Gasteiger partial charge in [-0.05, 0) is 0 Å². The Morgan fingerprint density at radius 1 is 1.50 bits per heavy atom. The summed E-state index contributed by atoms with van der Waals surface area (Å²) in [6, 6.07) is 0. The van der Waals surface area contributed by atoms with Crippen molar-refractivity contribution in [3.63, 3.8) is 0 Å². The van der Waals surface area contributed by atoms with Crippen molar-refractivity contribution >= 4 is 6.16 Å². The molecule has 0 rings (SSSR count). The van der Waals surface area contributed by atoms with Crippen LogP contribution in [0.25, 0.3) is 0 Å². The van der Waals surface area contributed by atoms with E-state index in [-0.39, 0.29) is 98.8 Å². The number of carboxylic acid groups (broad SMARTS) is 2. The van der Waals surface area contributed by atoms with Crippen LogP contribution in [0.4, 0.5) is 4.79 Å². The molecule has 0 heterocycles. The Bertz CT molecular complexity index is 39.0. The minimum atomic E-state index is -2.08. The number of carbonyl (C=O) groups is 1. The van der Waals surface area contributed by atoms with Crippen LogP contribution in [-0.2, 0) is 0 Å². The molecule has 0 radical (unpaired) electrons. The Labute approximate surface area is 117 Å². The van der Waals surface area contributed by atoms with Gasteiger partial charge in [0.15, 0.2) is 0 Å². The maximum absolute atomic E-state index is 8.44. The van der Waals surface area contributed by atoms with E-state index in [2.05, 4.69) is 0 Å². The SMILES string of the molecule is O.O=C([O-])O.[Cl-].[K+].[Na+]. The molecule has 0 saturated carbocycles. The van der Waals surface area contributed by atoms with E-state index in [4.69, 9.17) is 15.0 Å². The summed E-state index contributed by atoms with van der Waals surface area (Å²) in [5.74, 6) is 0. The van der Waals surface area contributed by atoms with E-state index >= 15 is 0 Å². The van der Waals surface area contributed by atoms with Gasteiger partial charge in [0.2, 0.25) is 6.16 Å². The van der Waals surface area contributed by atoms with Gasteiger partial charge >= 0.3 is 80.9 Å². The van der Waals surface area contributed by atoms with Crippen LogP contribution in [0.15, 0.2) is 0 Å². The third-order valence-corrected chi connectivity index (χ3v) is 0. The van der Waals surface area contributed by atoms with E-state index in [9.17, 15) is 0 Å². The Balaban J connectivity index is -0.00000000750. The molecule has 0 aliphatic rings. The summed E-state index contributed by atoms with van der Waals surface area (Å²) >= 11 is 0. The minimum Gasteiger partial charge on any atom is -1.00 e. The second-order valence-electron chi connectivity index (χ2n) is 0.266. The predicted octanol–water partition coefficient (Wildman–Crippen LogP) is -10.9. The molecule has 40 valence electrons. The molecule has 0 atom stereocenters. The molecule has 0 aliphatic carbocycles.